The SMILES string of the molecule is CCN(C(=O)C1(CNC(=O)OCC2c3ccccc3-c3ccccc32)CCCC1)C(C)C(=O)O. The summed E-state index contributed by atoms with van der Waals surface area (Å²) in [4.78, 5) is 38.9. The van der Waals surface area contributed by atoms with Crippen LogP contribution in [0.4, 0.5) is 4.79 Å². The molecule has 2 amide bonds. The highest BCUT2D eigenvalue weighted by atomic mass is 16.5. The summed E-state index contributed by atoms with van der Waals surface area (Å²) in [6.45, 7) is 3.95. The summed E-state index contributed by atoms with van der Waals surface area (Å²) in [6, 6.07) is 15.4. The second-order valence-electron chi connectivity index (χ2n) is 9.27. The maximum Gasteiger partial charge on any atom is 0.407 e. The lowest BCUT2D eigenvalue weighted by Crippen LogP contribution is -2.53. The minimum atomic E-state index is -1.03. The number of carbonyl (C=O) groups is 3. The molecule has 0 bridgehead atoms. The zero-order chi connectivity index (χ0) is 24.3. The Morgan fingerprint density at radius 2 is 1.62 bits per heavy atom. The van der Waals surface area contributed by atoms with Gasteiger partial charge in [-0.05, 0) is 48.9 Å². The van der Waals surface area contributed by atoms with E-state index >= 15 is 0 Å². The lowest BCUT2D eigenvalue weighted by molar-refractivity contribution is -0.154. The third-order valence-corrected chi connectivity index (χ3v) is 7.36. The molecule has 34 heavy (non-hydrogen) atoms. The van der Waals surface area contributed by atoms with Crippen LogP contribution in [0.15, 0.2) is 48.5 Å². The normalized spacial score (nSPS) is 16.9. The van der Waals surface area contributed by atoms with Crippen LogP contribution in [-0.4, -0.2) is 53.7 Å². The molecule has 1 saturated carbocycles. The Morgan fingerprint density at radius 1 is 1.06 bits per heavy atom. The van der Waals surface area contributed by atoms with Gasteiger partial charge >= 0.3 is 12.1 Å². The highest BCUT2D eigenvalue weighted by Crippen LogP contribution is 2.44. The summed E-state index contributed by atoms with van der Waals surface area (Å²) in [7, 11) is 0. The van der Waals surface area contributed by atoms with Crippen molar-refractivity contribution in [3.8, 4) is 11.1 Å². The van der Waals surface area contributed by atoms with Gasteiger partial charge in [-0.3, -0.25) is 4.79 Å². The number of nitrogens with zero attached hydrogens (tertiary/aromatic N) is 1. The second-order valence-corrected chi connectivity index (χ2v) is 9.27. The molecule has 2 aliphatic rings. The smallest absolute Gasteiger partial charge is 0.407 e. The van der Waals surface area contributed by atoms with Crippen molar-refractivity contribution in [3.63, 3.8) is 0 Å². The maximum atomic E-state index is 13.4. The van der Waals surface area contributed by atoms with Crippen LogP contribution in [0.2, 0.25) is 0 Å². The number of alkyl carbamates (subject to hydrolysis) is 1. The molecule has 4 rings (SSSR count). The van der Waals surface area contributed by atoms with Crippen molar-refractivity contribution in [1.82, 2.24) is 10.2 Å². The molecule has 1 atom stereocenters. The topological polar surface area (TPSA) is 95.9 Å². The summed E-state index contributed by atoms with van der Waals surface area (Å²) in [5, 5.41) is 12.2. The van der Waals surface area contributed by atoms with Gasteiger partial charge in [0.1, 0.15) is 12.6 Å². The third-order valence-electron chi connectivity index (χ3n) is 7.36. The number of aliphatic carboxylic acids is 1. The number of nitrogens with one attached hydrogen (secondary N) is 1. The van der Waals surface area contributed by atoms with Gasteiger partial charge in [-0.1, -0.05) is 61.4 Å². The molecule has 2 aromatic carbocycles. The fourth-order valence-electron chi connectivity index (χ4n) is 5.44. The molecule has 0 aromatic heterocycles. The standard InChI is InChI=1S/C27H32N2O5/c1-3-29(18(2)24(30)31)25(32)27(14-8-9-15-27)17-28-26(33)34-16-23-21-12-6-4-10-19(21)20-11-5-7-13-22(20)23/h4-7,10-13,18,23H,3,8-9,14-17H2,1-2H3,(H,28,33)(H,30,31). The molecule has 180 valence electrons. The number of benzene rings is 2. The van der Waals surface area contributed by atoms with Crippen molar-refractivity contribution in [2.45, 2.75) is 51.5 Å². The number of likely N-dealkylation sites (N-methyl/N-ethyl adjacent to an activating group) is 1. The summed E-state index contributed by atoms with van der Waals surface area (Å²) < 4.78 is 5.63. The van der Waals surface area contributed by atoms with Crippen molar-refractivity contribution in [2.24, 2.45) is 5.41 Å². The molecular weight excluding hydrogens is 432 g/mol. The number of amides is 2. The van der Waals surface area contributed by atoms with Gasteiger partial charge in [0.15, 0.2) is 0 Å². The Hall–Kier alpha value is -3.35. The Labute approximate surface area is 200 Å². The van der Waals surface area contributed by atoms with E-state index in [4.69, 9.17) is 4.74 Å². The van der Waals surface area contributed by atoms with Gasteiger partial charge in [-0.25, -0.2) is 9.59 Å². The van der Waals surface area contributed by atoms with Gasteiger partial charge in [-0.15, -0.1) is 0 Å². The fraction of sp³-hybridized carbons (Fsp3) is 0.444. The second kappa shape index (κ2) is 9.87. The summed E-state index contributed by atoms with van der Waals surface area (Å²) in [6.07, 6.45) is 2.43. The molecule has 0 spiro atoms. The Morgan fingerprint density at radius 3 is 2.15 bits per heavy atom. The molecule has 2 aromatic rings. The quantitative estimate of drug-likeness (QED) is 0.603. The predicted octanol–water partition coefficient (Wildman–Crippen LogP) is 4.41. The molecular formula is C27H32N2O5. The van der Waals surface area contributed by atoms with Crippen LogP contribution in [0.5, 0.6) is 0 Å². The van der Waals surface area contributed by atoms with E-state index in [2.05, 4.69) is 29.6 Å². The van der Waals surface area contributed by atoms with Crippen LogP contribution < -0.4 is 5.32 Å². The van der Waals surface area contributed by atoms with E-state index in [1.165, 1.54) is 11.8 Å². The number of carboxylic acids is 1. The Balaban J connectivity index is 1.41. The molecule has 1 fully saturated rings. The van der Waals surface area contributed by atoms with Crippen LogP contribution in [0.25, 0.3) is 11.1 Å². The number of carboxylic acid groups (broad SMARTS) is 1. The van der Waals surface area contributed by atoms with Crippen molar-refractivity contribution in [2.75, 3.05) is 19.7 Å². The number of fused-ring (bicyclic) bond motifs is 3. The number of hydrogen-bond donors (Lipinski definition) is 2. The average molecular weight is 465 g/mol. The minimum Gasteiger partial charge on any atom is -0.480 e. The molecule has 7 heteroatoms. The molecule has 2 aliphatic carbocycles. The van der Waals surface area contributed by atoms with Crippen molar-refractivity contribution < 1.29 is 24.2 Å². The van der Waals surface area contributed by atoms with Gasteiger partial charge in [0.05, 0.1) is 5.41 Å². The van der Waals surface area contributed by atoms with Gasteiger partial charge in [0, 0.05) is 19.0 Å². The summed E-state index contributed by atoms with van der Waals surface area (Å²) in [5.41, 5.74) is 3.82. The molecule has 0 heterocycles. The van der Waals surface area contributed by atoms with Crippen LogP contribution >= 0.6 is 0 Å². The van der Waals surface area contributed by atoms with Crippen LogP contribution in [-0.2, 0) is 14.3 Å². The highest BCUT2D eigenvalue weighted by molar-refractivity contribution is 5.88. The largest absolute Gasteiger partial charge is 0.480 e. The molecule has 0 aliphatic heterocycles. The molecule has 0 saturated heterocycles. The van der Waals surface area contributed by atoms with Gasteiger partial charge < -0.3 is 20.1 Å². The van der Waals surface area contributed by atoms with Gasteiger partial charge in [0.2, 0.25) is 5.91 Å². The van der Waals surface area contributed by atoms with Gasteiger partial charge in [0.25, 0.3) is 0 Å². The van der Waals surface area contributed by atoms with Crippen molar-refractivity contribution in [3.05, 3.63) is 59.7 Å². The predicted molar refractivity (Wildman–Crippen MR) is 128 cm³/mol. The first-order valence-corrected chi connectivity index (χ1v) is 12.0. The summed E-state index contributed by atoms with van der Waals surface area (Å²) in [5.74, 6) is -1.28. The number of hydrogen-bond acceptors (Lipinski definition) is 4. The Bertz CT molecular complexity index is 1030. The first-order chi connectivity index (χ1) is 16.4. The molecule has 1 unspecified atom stereocenters. The third kappa shape index (κ3) is 4.39. The molecule has 7 nitrogen and oxygen atoms in total. The van der Waals surface area contributed by atoms with Crippen LogP contribution in [0.1, 0.15) is 56.6 Å². The molecule has 2 N–H and O–H groups in total. The van der Waals surface area contributed by atoms with Crippen molar-refractivity contribution >= 4 is 18.0 Å². The number of rotatable bonds is 8. The average Bonchev–Trinajstić information content (AvgIpc) is 3.45. The zero-order valence-corrected chi connectivity index (χ0v) is 19.8. The van der Waals surface area contributed by atoms with E-state index in [0.29, 0.717) is 19.4 Å². The van der Waals surface area contributed by atoms with E-state index in [1.807, 2.05) is 24.3 Å². The minimum absolute atomic E-state index is 0.0350. The number of ether oxygens (including phenoxy) is 1. The summed E-state index contributed by atoms with van der Waals surface area (Å²) >= 11 is 0. The highest BCUT2D eigenvalue weighted by Gasteiger charge is 2.45. The molecule has 0 radical (unpaired) electrons. The van der Waals surface area contributed by atoms with E-state index < -0.39 is 23.5 Å². The maximum absolute atomic E-state index is 13.4. The lowest BCUT2D eigenvalue weighted by Gasteiger charge is -2.35. The first kappa shape index (κ1) is 23.8. The van der Waals surface area contributed by atoms with E-state index in [1.54, 1.807) is 6.92 Å². The van der Waals surface area contributed by atoms with Crippen molar-refractivity contribution in [1.29, 1.82) is 0 Å². The zero-order valence-electron chi connectivity index (χ0n) is 19.8. The fourth-order valence-corrected chi connectivity index (χ4v) is 5.44. The Kier molecular flexibility index (Phi) is 6.91. The van der Waals surface area contributed by atoms with Crippen LogP contribution in [0, 0.1) is 5.41 Å². The van der Waals surface area contributed by atoms with E-state index in [-0.39, 0.29) is 25.0 Å². The monoisotopic (exact) mass is 464 g/mol. The lowest BCUT2D eigenvalue weighted by atomic mass is 9.84. The van der Waals surface area contributed by atoms with E-state index in [9.17, 15) is 19.5 Å². The van der Waals surface area contributed by atoms with Gasteiger partial charge in [-0.2, -0.15) is 0 Å². The first-order valence-electron chi connectivity index (χ1n) is 12.0. The van der Waals surface area contributed by atoms with E-state index in [0.717, 1.165) is 35.1 Å². The van der Waals surface area contributed by atoms with Crippen LogP contribution in [0.3, 0.4) is 0 Å². The number of carbonyl (C=O) groups excluding carboxylic acids is 2.